The number of amides is 1. The Hall–Kier alpha value is -1.44. The molecule has 0 spiro atoms. The number of benzene rings is 1. The maximum atomic E-state index is 12.9. The van der Waals surface area contributed by atoms with E-state index < -0.39 is 10.0 Å². The number of hydrogen-bond acceptors (Lipinski definition) is 4. The Morgan fingerprint density at radius 2 is 1.85 bits per heavy atom. The highest BCUT2D eigenvalue weighted by atomic mass is 32.2. The van der Waals surface area contributed by atoms with Gasteiger partial charge in [-0.25, -0.2) is 8.42 Å². The van der Waals surface area contributed by atoms with Crippen molar-refractivity contribution in [2.45, 2.75) is 44.1 Å². The van der Waals surface area contributed by atoms with Crippen LogP contribution in [-0.2, 0) is 14.8 Å². The topological polar surface area (TPSA) is 75.7 Å². The Kier molecular flexibility index (Phi) is 5.99. The van der Waals surface area contributed by atoms with Crippen molar-refractivity contribution in [2.24, 2.45) is 11.8 Å². The van der Waals surface area contributed by atoms with Crippen LogP contribution < -0.4 is 5.32 Å². The normalized spacial score (nSPS) is 27.4. The van der Waals surface area contributed by atoms with Crippen LogP contribution in [0.25, 0.3) is 0 Å². The number of sulfonamides is 1. The maximum Gasteiger partial charge on any atom is 0.251 e. The van der Waals surface area contributed by atoms with Gasteiger partial charge in [0.15, 0.2) is 0 Å². The van der Waals surface area contributed by atoms with Crippen LogP contribution in [0.5, 0.6) is 0 Å². The summed E-state index contributed by atoms with van der Waals surface area (Å²) in [4.78, 5) is 12.5. The molecule has 2 fully saturated rings. The smallest absolute Gasteiger partial charge is 0.251 e. The first-order valence-corrected chi connectivity index (χ1v) is 10.8. The molecule has 2 heterocycles. The molecule has 6 nitrogen and oxygen atoms in total. The summed E-state index contributed by atoms with van der Waals surface area (Å²) in [6.07, 6.45) is 3.13. The fraction of sp³-hybridized carbons (Fsp3) is 0.632. The van der Waals surface area contributed by atoms with Crippen LogP contribution in [0, 0.1) is 11.8 Å². The van der Waals surface area contributed by atoms with Gasteiger partial charge in [-0.05, 0) is 55.4 Å². The summed E-state index contributed by atoms with van der Waals surface area (Å²) in [6.45, 7) is 6.51. The first-order valence-electron chi connectivity index (χ1n) is 9.36. The molecule has 2 aliphatic rings. The molecule has 2 saturated heterocycles. The summed E-state index contributed by atoms with van der Waals surface area (Å²) in [7, 11) is -3.51. The van der Waals surface area contributed by atoms with Crippen LogP contribution >= 0.6 is 0 Å². The minimum Gasteiger partial charge on any atom is -0.376 e. The Morgan fingerprint density at radius 3 is 2.42 bits per heavy atom. The Morgan fingerprint density at radius 1 is 1.19 bits per heavy atom. The molecule has 3 rings (SSSR count). The minimum absolute atomic E-state index is 0.0849. The molecule has 3 atom stereocenters. The van der Waals surface area contributed by atoms with Gasteiger partial charge in [-0.15, -0.1) is 0 Å². The maximum absolute atomic E-state index is 12.9. The average molecular weight is 381 g/mol. The van der Waals surface area contributed by atoms with E-state index in [0.29, 0.717) is 37.0 Å². The van der Waals surface area contributed by atoms with E-state index in [-0.39, 0.29) is 16.9 Å². The zero-order valence-electron chi connectivity index (χ0n) is 15.5. The van der Waals surface area contributed by atoms with Gasteiger partial charge in [0, 0.05) is 31.8 Å². The molecule has 1 N–H and O–H groups in total. The lowest BCUT2D eigenvalue weighted by molar-refractivity contribution is 0.0857. The highest BCUT2D eigenvalue weighted by Gasteiger charge is 2.31. The van der Waals surface area contributed by atoms with E-state index in [0.717, 1.165) is 25.9 Å². The minimum atomic E-state index is -3.51. The molecule has 0 aliphatic carbocycles. The third-order valence-corrected chi connectivity index (χ3v) is 6.95. The number of ether oxygens (including phenoxy) is 1. The fourth-order valence-electron chi connectivity index (χ4n) is 3.84. The fourth-order valence-corrected chi connectivity index (χ4v) is 5.52. The van der Waals surface area contributed by atoms with Crippen molar-refractivity contribution in [3.8, 4) is 0 Å². The summed E-state index contributed by atoms with van der Waals surface area (Å²) in [5.41, 5.74) is 0.460. The SMILES string of the molecule is C[C@@H]1C[C@@H](C)CN(S(=O)(=O)c2ccc(C(=O)NC[C@@H]3CCCO3)cc2)C1. The monoisotopic (exact) mass is 380 g/mol. The molecule has 1 amide bonds. The molecule has 0 aromatic heterocycles. The van der Waals surface area contributed by atoms with Crippen molar-refractivity contribution in [3.63, 3.8) is 0 Å². The molecule has 0 radical (unpaired) electrons. The molecule has 0 saturated carbocycles. The standard InChI is InChI=1S/C19H28N2O4S/c1-14-10-15(2)13-21(12-14)26(23,24)18-7-5-16(6-8-18)19(22)20-11-17-4-3-9-25-17/h5-8,14-15,17H,3-4,9-13H2,1-2H3,(H,20,22)/t14-,15-,17+/m1/s1. The highest BCUT2D eigenvalue weighted by molar-refractivity contribution is 7.89. The average Bonchev–Trinajstić information content (AvgIpc) is 3.12. The zero-order valence-corrected chi connectivity index (χ0v) is 16.3. The lowest BCUT2D eigenvalue weighted by Gasteiger charge is -2.34. The zero-order chi connectivity index (χ0) is 18.7. The van der Waals surface area contributed by atoms with Gasteiger partial charge in [0.2, 0.25) is 10.0 Å². The van der Waals surface area contributed by atoms with Crippen molar-refractivity contribution >= 4 is 15.9 Å². The van der Waals surface area contributed by atoms with Gasteiger partial charge >= 0.3 is 0 Å². The molecule has 26 heavy (non-hydrogen) atoms. The molecule has 0 unspecified atom stereocenters. The summed E-state index contributed by atoms with van der Waals surface area (Å²) in [5, 5.41) is 2.85. The third kappa shape index (κ3) is 4.45. The Balaban J connectivity index is 1.65. The van der Waals surface area contributed by atoms with Crippen LogP contribution in [0.3, 0.4) is 0 Å². The largest absolute Gasteiger partial charge is 0.376 e. The number of carbonyl (C=O) groups excluding carboxylic acids is 1. The van der Waals surface area contributed by atoms with Crippen molar-refractivity contribution in [3.05, 3.63) is 29.8 Å². The van der Waals surface area contributed by atoms with Gasteiger partial charge in [0.1, 0.15) is 0 Å². The molecule has 0 bridgehead atoms. The van der Waals surface area contributed by atoms with Gasteiger partial charge in [-0.2, -0.15) is 4.31 Å². The second-order valence-electron chi connectivity index (χ2n) is 7.64. The van der Waals surface area contributed by atoms with Crippen molar-refractivity contribution < 1.29 is 17.9 Å². The summed E-state index contributed by atoms with van der Waals surface area (Å²) < 4.78 is 32.8. The summed E-state index contributed by atoms with van der Waals surface area (Å²) in [6, 6.07) is 6.21. The first-order chi connectivity index (χ1) is 12.4. The van der Waals surface area contributed by atoms with E-state index in [9.17, 15) is 13.2 Å². The van der Waals surface area contributed by atoms with Gasteiger partial charge in [0.25, 0.3) is 5.91 Å². The number of carbonyl (C=O) groups is 1. The quantitative estimate of drug-likeness (QED) is 0.850. The predicted octanol–water partition coefficient (Wildman–Crippen LogP) is 2.26. The van der Waals surface area contributed by atoms with E-state index in [1.54, 1.807) is 16.4 Å². The second-order valence-corrected chi connectivity index (χ2v) is 9.58. The molecule has 1 aromatic rings. The second kappa shape index (κ2) is 8.06. The van der Waals surface area contributed by atoms with Crippen molar-refractivity contribution in [1.29, 1.82) is 0 Å². The highest BCUT2D eigenvalue weighted by Crippen LogP contribution is 2.26. The number of nitrogens with zero attached hydrogens (tertiary/aromatic N) is 1. The molecule has 144 valence electrons. The van der Waals surface area contributed by atoms with Crippen molar-refractivity contribution in [1.82, 2.24) is 9.62 Å². The van der Waals surface area contributed by atoms with E-state index >= 15 is 0 Å². The molecular weight excluding hydrogens is 352 g/mol. The summed E-state index contributed by atoms with van der Waals surface area (Å²) in [5.74, 6) is 0.512. The van der Waals surface area contributed by atoms with Crippen molar-refractivity contribution in [2.75, 3.05) is 26.2 Å². The van der Waals surface area contributed by atoms with Gasteiger partial charge in [-0.3, -0.25) is 4.79 Å². The van der Waals surface area contributed by atoms with Gasteiger partial charge in [0.05, 0.1) is 11.0 Å². The Bertz CT molecular complexity index is 716. The molecule has 7 heteroatoms. The van der Waals surface area contributed by atoms with Gasteiger partial charge < -0.3 is 10.1 Å². The van der Waals surface area contributed by atoms with Crippen LogP contribution in [-0.4, -0.2) is 51.0 Å². The lowest BCUT2D eigenvalue weighted by atomic mass is 9.94. The molecular formula is C19H28N2O4S. The number of nitrogens with one attached hydrogen (secondary N) is 1. The Labute approximate surface area is 156 Å². The van der Waals surface area contributed by atoms with Crippen LogP contribution in [0.4, 0.5) is 0 Å². The van der Waals surface area contributed by atoms with Crippen LogP contribution in [0.1, 0.15) is 43.5 Å². The lowest BCUT2D eigenvalue weighted by Crippen LogP contribution is -2.42. The number of piperidine rings is 1. The van der Waals surface area contributed by atoms with E-state index in [2.05, 4.69) is 19.2 Å². The molecule has 1 aromatic carbocycles. The van der Waals surface area contributed by atoms with Crippen LogP contribution in [0.15, 0.2) is 29.2 Å². The summed E-state index contributed by atoms with van der Waals surface area (Å²) >= 11 is 0. The predicted molar refractivity (Wildman–Crippen MR) is 99.5 cm³/mol. The van der Waals surface area contributed by atoms with E-state index in [1.807, 2.05) is 0 Å². The number of rotatable bonds is 5. The number of hydrogen-bond donors (Lipinski definition) is 1. The van der Waals surface area contributed by atoms with Crippen LogP contribution in [0.2, 0.25) is 0 Å². The molecule has 2 aliphatic heterocycles. The third-order valence-electron chi connectivity index (χ3n) is 5.10. The van der Waals surface area contributed by atoms with E-state index in [4.69, 9.17) is 4.74 Å². The van der Waals surface area contributed by atoms with Gasteiger partial charge in [-0.1, -0.05) is 13.8 Å². The first kappa shape index (κ1) is 19.3. The van der Waals surface area contributed by atoms with E-state index in [1.165, 1.54) is 12.1 Å².